The maximum absolute atomic E-state index is 11.7. The number of para-hydroxylation sites is 1. The number of hydrogen-bond acceptors (Lipinski definition) is 4. The second-order valence-electron chi connectivity index (χ2n) is 3.23. The lowest BCUT2D eigenvalue weighted by Gasteiger charge is -2.10. The Labute approximate surface area is 106 Å². The third-order valence-corrected chi connectivity index (χ3v) is 5.48. The zero-order valence-corrected chi connectivity index (χ0v) is 11.4. The summed E-state index contributed by atoms with van der Waals surface area (Å²) >= 11 is 5.24. The van der Waals surface area contributed by atoms with Gasteiger partial charge in [-0.15, -0.1) is 11.6 Å². The summed E-state index contributed by atoms with van der Waals surface area (Å²) in [4.78, 5) is -0.0452. The zero-order valence-electron chi connectivity index (χ0n) is 9.05. The van der Waals surface area contributed by atoms with Crippen LogP contribution in [-0.4, -0.2) is 27.8 Å². The monoisotopic (exact) mass is 297 g/mol. The van der Waals surface area contributed by atoms with E-state index >= 15 is 0 Å². The van der Waals surface area contributed by atoms with Gasteiger partial charge in [-0.25, -0.2) is 16.8 Å². The Bertz CT molecular complexity index is 595. The Morgan fingerprint density at radius 3 is 2.29 bits per heavy atom. The van der Waals surface area contributed by atoms with Gasteiger partial charge in [0.25, 0.3) is 0 Å². The molecule has 0 saturated heterocycles. The molecule has 1 N–H and O–H groups in total. The van der Waals surface area contributed by atoms with Crippen LogP contribution in [0.25, 0.3) is 0 Å². The summed E-state index contributed by atoms with van der Waals surface area (Å²) in [6.07, 6.45) is 0. The molecule has 0 aliphatic heterocycles. The summed E-state index contributed by atoms with van der Waals surface area (Å²) in [7, 11) is -7.19. The van der Waals surface area contributed by atoms with Gasteiger partial charge in [-0.1, -0.05) is 19.1 Å². The number of hydrogen-bond donors (Lipinski definition) is 1. The molecule has 0 amide bonds. The van der Waals surface area contributed by atoms with Crippen molar-refractivity contribution in [2.45, 2.75) is 11.8 Å². The smallest absolute Gasteiger partial charge is 0.246 e. The first-order valence-corrected chi connectivity index (χ1v) is 8.54. The molecular formula is C9H12ClNO4S2. The lowest BCUT2D eigenvalue weighted by atomic mass is 10.3. The summed E-state index contributed by atoms with van der Waals surface area (Å²) in [6, 6.07) is 5.80. The summed E-state index contributed by atoms with van der Waals surface area (Å²) in [5.41, 5.74) is 0.0231. The van der Waals surface area contributed by atoms with Crippen molar-refractivity contribution in [3.05, 3.63) is 24.3 Å². The number of anilines is 1. The fraction of sp³-hybridized carbons (Fsp3) is 0.333. The topological polar surface area (TPSA) is 80.3 Å². The van der Waals surface area contributed by atoms with Gasteiger partial charge in [0.1, 0.15) is 5.21 Å². The molecule has 0 aliphatic rings. The van der Waals surface area contributed by atoms with Crippen LogP contribution in [0.5, 0.6) is 0 Å². The Morgan fingerprint density at radius 2 is 1.76 bits per heavy atom. The number of rotatable bonds is 5. The molecule has 96 valence electrons. The molecule has 0 aliphatic carbocycles. The summed E-state index contributed by atoms with van der Waals surface area (Å²) in [5, 5.41) is -0.631. The van der Waals surface area contributed by atoms with E-state index in [1.807, 2.05) is 0 Å². The Kier molecular flexibility index (Phi) is 4.40. The molecule has 0 bridgehead atoms. The van der Waals surface area contributed by atoms with Crippen molar-refractivity contribution in [1.82, 2.24) is 0 Å². The van der Waals surface area contributed by atoms with E-state index in [0.29, 0.717) is 0 Å². The number of halogens is 1. The fourth-order valence-corrected chi connectivity index (χ4v) is 3.02. The van der Waals surface area contributed by atoms with Gasteiger partial charge in [0.15, 0.2) is 9.84 Å². The van der Waals surface area contributed by atoms with Crippen LogP contribution in [-0.2, 0) is 19.9 Å². The average Bonchev–Trinajstić information content (AvgIpc) is 2.29. The van der Waals surface area contributed by atoms with Gasteiger partial charge in [-0.05, 0) is 12.1 Å². The van der Waals surface area contributed by atoms with Gasteiger partial charge < -0.3 is 0 Å². The quantitative estimate of drug-likeness (QED) is 0.834. The third kappa shape index (κ3) is 3.58. The first kappa shape index (κ1) is 14.3. The van der Waals surface area contributed by atoms with Crippen molar-refractivity contribution in [3.8, 4) is 0 Å². The molecule has 8 heteroatoms. The van der Waals surface area contributed by atoms with Crippen molar-refractivity contribution >= 4 is 37.1 Å². The first-order chi connectivity index (χ1) is 7.82. The minimum atomic E-state index is -3.71. The van der Waals surface area contributed by atoms with Gasteiger partial charge >= 0.3 is 0 Å². The van der Waals surface area contributed by atoms with Gasteiger partial charge in [0.2, 0.25) is 10.0 Å². The van der Waals surface area contributed by atoms with Crippen LogP contribution < -0.4 is 4.72 Å². The molecule has 0 heterocycles. The SMILES string of the molecule is CCS(=O)(=O)c1ccccc1NS(=O)(=O)CCl. The molecule has 1 rings (SSSR count). The molecule has 0 spiro atoms. The van der Waals surface area contributed by atoms with E-state index in [1.54, 1.807) is 6.07 Å². The average molecular weight is 298 g/mol. The van der Waals surface area contributed by atoms with E-state index in [1.165, 1.54) is 25.1 Å². The van der Waals surface area contributed by atoms with Crippen molar-refractivity contribution in [2.24, 2.45) is 0 Å². The standard InChI is InChI=1S/C9H12ClNO4S2/c1-2-16(12,13)9-6-4-3-5-8(9)11-17(14,15)7-10/h3-6,11H,2,7H2,1H3. The van der Waals surface area contributed by atoms with Crippen molar-refractivity contribution < 1.29 is 16.8 Å². The molecule has 1 aromatic carbocycles. The van der Waals surface area contributed by atoms with Crippen LogP contribution in [0.4, 0.5) is 5.69 Å². The van der Waals surface area contributed by atoms with Gasteiger partial charge in [-0.3, -0.25) is 4.72 Å². The number of sulfonamides is 1. The van der Waals surface area contributed by atoms with Gasteiger partial charge in [-0.2, -0.15) is 0 Å². The maximum Gasteiger partial charge on any atom is 0.246 e. The maximum atomic E-state index is 11.7. The van der Waals surface area contributed by atoms with Crippen molar-refractivity contribution in [2.75, 3.05) is 15.7 Å². The van der Waals surface area contributed by atoms with E-state index in [0.717, 1.165) is 0 Å². The van der Waals surface area contributed by atoms with Gasteiger partial charge in [0.05, 0.1) is 16.3 Å². The van der Waals surface area contributed by atoms with Crippen LogP contribution in [0.1, 0.15) is 6.92 Å². The van der Waals surface area contributed by atoms with Crippen LogP contribution in [0.3, 0.4) is 0 Å². The lowest BCUT2D eigenvalue weighted by Crippen LogP contribution is -2.16. The molecule has 17 heavy (non-hydrogen) atoms. The third-order valence-electron chi connectivity index (χ3n) is 2.01. The molecule has 1 aromatic rings. The summed E-state index contributed by atoms with van der Waals surface area (Å²) in [5.74, 6) is -0.105. The van der Waals surface area contributed by atoms with Crippen LogP contribution in [0, 0.1) is 0 Å². The second kappa shape index (κ2) is 5.24. The minimum Gasteiger partial charge on any atom is -0.281 e. The highest BCUT2D eigenvalue weighted by Gasteiger charge is 2.19. The highest BCUT2D eigenvalue weighted by Crippen LogP contribution is 2.23. The molecule has 0 fully saturated rings. The predicted octanol–water partition coefficient (Wildman–Crippen LogP) is 1.42. The van der Waals surface area contributed by atoms with Crippen molar-refractivity contribution in [3.63, 3.8) is 0 Å². The number of benzene rings is 1. The number of sulfone groups is 1. The number of nitrogens with one attached hydrogen (secondary N) is 1. The first-order valence-electron chi connectivity index (χ1n) is 4.70. The van der Waals surface area contributed by atoms with E-state index in [-0.39, 0.29) is 16.3 Å². The van der Waals surface area contributed by atoms with E-state index in [2.05, 4.69) is 4.72 Å². The zero-order chi connectivity index (χ0) is 13.1. The lowest BCUT2D eigenvalue weighted by molar-refractivity contribution is 0.597. The fourth-order valence-electron chi connectivity index (χ4n) is 1.17. The highest BCUT2D eigenvalue weighted by atomic mass is 35.5. The summed E-state index contributed by atoms with van der Waals surface area (Å²) < 4.78 is 48.2. The minimum absolute atomic E-state index is 0.0231. The molecule has 0 unspecified atom stereocenters. The molecule has 0 atom stereocenters. The molecule has 0 saturated carbocycles. The predicted molar refractivity (Wildman–Crippen MR) is 67.4 cm³/mol. The van der Waals surface area contributed by atoms with Crippen LogP contribution >= 0.6 is 11.6 Å². The second-order valence-corrected chi connectivity index (χ2v) is 7.78. The molecule has 5 nitrogen and oxygen atoms in total. The Balaban J connectivity index is 3.28. The number of alkyl halides is 1. The highest BCUT2D eigenvalue weighted by molar-refractivity contribution is 7.94. The van der Waals surface area contributed by atoms with Crippen LogP contribution in [0.2, 0.25) is 0 Å². The van der Waals surface area contributed by atoms with E-state index in [4.69, 9.17) is 11.6 Å². The molecular weight excluding hydrogens is 286 g/mol. The normalized spacial score (nSPS) is 12.4. The van der Waals surface area contributed by atoms with Crippen LogP contribution in [0.15, 0.2) is 29.2 Å². The largest absolute Gasteiger partial charge is 0.281 e. The van der Waals surface area contributed by atoms with Gasteiger partial charge in [0, 0.05) is 0 Å². The Morgan fingerprint density at radius 1 is 1.18 bits per heavy atom. The van der Waals surface area contributed by atoms with E-state index < -0.39 is 25.1 Å². The van der Waals surface area contributed by atoms with E-state index in [9.17, 15) is 16.8 Å². The summed E-state index contributed by atoms with van der Waals surface area (Å²) in [6.45, 7) is 1.49. The molecule has 0 radical (unpaired) electrons. The Hall–Kier alpha value is -0.790. The molecule has 0 aromatic heterocycles. The van der Waals surface area contributed by atoms with Crippen molar-refractivity contribution in [1.29, 1.82) is 0 Å².